The second kappa shape index (κ2) is 18.1. The summed E-state index contributed by atoms with van der Waals surface area (Å²) in [5.74, 6) is 5.05. The number of benzene rings is 4. The van der Waals surface area contributed by atoms with Crippen molar-refractivity contribution in [2.24, 2.45) is 11.3 Å². The number of carbonyl (C=O) groups excluding carboxylic acids is 4. The van der Waals surface area contributed by atoms with Gasteiger partial charge in [-0.2, -0.15) is 0 Å². The van der Waals surface area contributed by atoms with Crippen LogP contribution in [-0.2, 0) is 31.1 Å². The first kappa shape index (κ1) is 46.2. The standard InChI is InChI=1S/C53H55Cl2FN6O6/c1-52(2,3)25-44-53(28-57-40-24-32(54)14-15-37(40)53)46(35-9-6-10-38(55)47(35)56)48(59-44)50(65)58-39-16-13-31(23-42(39)67-4)43-27-61(19-20-68-43)33-21-29(22-33)11-12-30-7-5-8-34-36(30)26-62(51(34)66)41-17-18-45(63)60-49(41)64/h5-10,13-16,23-24,29,33,41,43-44,46,48,57,59H,17-22,25-28H2,1-4H3,(H,58,65)(H,60,63,64)/t29?,33?,41?,43-,44+,46+,48-,53+/m1/s1. The van der Waals surface area contributed by atoms with Gasteiger partial charge >= 0.3 is 0 Å². The number of anilines is 2. The van der Waals surface area contributed by atoms with Gasteiger partial charge in [-0.05, 0) is 95.8 Å². The fourth-order valence-corrected chi connectivity index (χ4v) is 11.9. The molecule has 4 fully saturated rings. The normalized spacial score (nSPS) is 27.7. The van der Waals surface area contributed by atoms with Gasteiger partial charge in [-0.25, -0.2) is 4.39 Å². The first-order valence-electron chi connectivity index (χ1n) is 23.5. The summed E-state index contributed by atoms with van der Waals surface area (Å²) in [6, 6.07) is 20.6. The average Bonchev–Trinajstić information content (AvgIpc) is 3.94. The molecule has 1 unspecified atom stereocenters. The third kappa shape index (κ3) is 8.42. The number of nitrogens with one attached hydrogen (secondary N) is 4. The van der Waals surface area contributed by atoms with E-state index in [9.17, 15) is 19.2 Å². The lowest BCUT2D eigenvalue weighted by atomic mass is 9.63. The van der Waals surface area contributed by atoms with Crippen LogP contribution in [0.1, 0.15) is 103 Å². The lowest BCUT2D eigenvalue weighted by Gasteiger charge is -2.44. The van der Waals surface area contributed by atoms with Gasteiger partial charge in [0.2, 0.25) is 17.7 Å². The van der Waals surface area contributed by atoms with Crippen molar-refractivity contribution in [3.05, 3.63) is 122 Å². The molecule has 4 aromatic carbocycles. The molecule has 0 radical (unpaired) electrons. The van der Waals surface area contributed by atoms with Crippen molar-refractivity contribution in [2.45, 2.75) is 101 Å². The maximum Gasteiger partial charge on any atom is 0.255 e. The molecule has 6 aliphatic rings. The van der Waals surface area contributed by atoms with Crippen LogP contribution in [0.2, 0.25) is 10.0 Å². The van der Waals surface area contributed by atoms with E-state index in [4.69, 9.17) is 32.7 Å². The van der Waals surface area contributed by atoms with E-state index < -0.39 is 35.1 Å². The van der Waals surface area contributed by atoms with Crippen molar-refractivity contribution in [1.82, 2.24) is 20.4 Å². The summed E-state index contributed by atoms with van der Waals surface area (Å²) in [5.41, 5.74) is 4.95. The maximum absolute atomic E-state index is 16.3. The molecule has 10 rings (SSSR count). The van der Waals surface area contributed by atoms with E-state index in [-0.39, 0.29) is 59.2 Å². The van der Waals surface area contributed by atoms with Crippen molar-refractivity contribution < 1.29 is 33.0 Å². The monoisotopic (exact) mass is 960 g/mol. The number of rotatable bonds is 8. The molecular weight excluding hydrogens is 907 g/mol. The number of piperidine rings is 1. The molecule has 12 nitrogen and oxygen atoms in total. The molecule has 15 heteroatoms. The number of fused-ring (bicyclic) bond motifs is 3. The number of amides is 4. The molecule has 5 heterocycles. The van der Waals surface area contributed by atoms with Crippen LogP contribution >= 0.6 is 23.2 Å². The van der Waals surface area contributed by atoms with Gasteiger partial charge in [0.1, 0.15) is 17.6 Å². The summed E-state index contributed by atoms with van der Waals surface area (Å²) in [4.78, 5) is 56.5. The number of carbonyl (C=O) groups is 4. The second-order valence-corrected chi connectivity index (χ2v) is 21.1. The average molecular weight is 962 g/mol. The van der Waals surface area contributed by atoms with Gasteiger partial charge in [-0.15, -0.1) is 0 Å². The quantitative estimate of drug-likeness (QED) is 0.102. The Kier molecular flexibility index (Phi) is 12.3. The Hall–Kier alpha value is -5.49. The predicted molar refractivity (Wildman–Crippen MR) is 258 cm³/mol. The Morgan fingerprint density at radius 2 is 1.85 bits per heavy atom. The summed E-state index contributed by atoms with van der Waals surface area (Å²) in [6.07, 6.45) is 2.82. The molecular formula is C53H55Cl2FN6O6. The van der Waals surface area contributed by atoms with E-state index in [1.54, 1.807) is 30.2 Å². The van der Waals surface area contributed by atoms with Crippen molar-refractivity contribution >= 4 is 58.2 Å². The van der Waals surface area contributed by atoms with Crippen LogP contribution in [0.25, 0.3) is 0 Å². The van der Waals surface area contributed by atoms with E-state index in [2.05, 4.69) is 58.8 Å². The SMILES string of the molecule is COc1cc([C@H]2CN(C3CC(C#Cc4cccc5c4CN(C4CCC(=O)NC4=O)C5=O)C3)CCO2)ccc1NC(=O)[C@@H]1N[C@@H](CC(C)(C)C)[C@@]2(CNc3cc(Cl)ccc32)[C@H]1c1cccc(Cl)c1F. The van der Waals surface area contributed by atoms with E-state index in [0.29, 0.717) is 66.2 Å². The molecule has 0 aromatic heterocycles. The van der Waals surface area contributed by atoms with Crippen LogP contribution in [0, 0.1) is 29.0 Å². The molecule has 354 valence electrons. The van der Waals surface area contributed by atoms with Gasteiger partial charge in [-0.3, -0.25) is 29.4 Å². The minimum atomic E-state index is -0.845. The molecule has 68 heavy (non-hydrogen) atoms. The lowest BCUT2D eigenvalue weighted by Crippen LogP contribution is -2.52. The predicted octanol–water partition coefficient (Wildman–Crippen LogP) is 7.97. The number of morpholine rings is 1. The van der Waals surface area contributed by atoms with Crippen LogP contribution in [-0.4, -0.2) is 90.9 Å². The van der Waals surface area contributed by atoms with Gasteiger partial charge < -0.3 is 30.3 Å². The molecule has 1 spiro atoms. The first-order chi connectivity index (χ1) is 32.6. The largest absolute Gasteiger partial charge is 0.495 e. The topological polar surface area (TPSA) is 141 Å². The Morgan fingerprint density at radius 1 is 1.04 bits per heavy atom. The van der Waals surface area contributed by atoms with Gasteiger partial charge in [0.15, 0.2) is 0 Å². The number of imide groups is 1. The zero-order chi connectivity index (χ0) is 47.6. The fourth-order valence-electron chi connectivity index (χ4n) is 11.6. The third-order valence-corrected chi connectivity index (χ3v) is 15.5. The van der Waals surface area contributed by atoms with Crippen LogP contribution in [0.4, 0.5) is 15.8 Å². The Balaban J connectivity index is 0.828. The number of ether oxygens (including phenoxy) is 2. The van der Waals surface area contributed by atoms with Crippen LogP contribution in [0.3, 0.4) is 0 Å². The maximum atomic E-state index is 16.3. The van der Waals surface area contributed by atoms with Crippen molar-refractivity contribution in [1.29, 1.82) is 0 Å². The van der Waals surface area contributed by atoms with Crippen LogP contribution < -0.4 is 26.0 Å². The van der Waals surface area contributed by atoms with Crippen molar-refractivity contribution in [3.63, 3.8) is 0 Å². The third-order valence-electron chi connectivity index (χ3n) is 14.9. The highest BCUT2D eigenvalue weighted by Crippen LogP contribution is 2.57. The van der Waals surface area contributed by atoms with Gasteiger partial charge in [-0.1, -0.05) is 86.1 Å². The van der Waals surface area contributed by atoms with Crippen molar-refractivity contribution in [2.75, 3.05) is 44.0 Å². The van der Waals surface area contributed by atoms with Gasteiger partial charge in [0.05, 0.1) is 36.6 Å². The number of nitrogens with zero attached hydrogens (tertiary/aromatic N) is 2. The molecule has 3 saturated heterocycles. The molecule has 5 aliphatic heterocycles. The minimum Gasteiger partial charge on any atom is -0.495 e. The molecule has 1 saturated carbocycles. The zero-order valence-corrected chi connectivity index (χ0v) is 40.0. The van der Waals surface area contributed by atoms with Gasteiger partial charge in [0.25, 0.3) is 5.91 Å². The second-order valence-electron chi connectivity index (χ2n) is 20.3. The molecule has 1 aliphatic carbocycles. The van der Waals surface area contributed by atoms with E-state index in [1.165, 1.54) is 6.07 Å². The summed E-state index contributed by atoms with van der Waals surface area (Å²) < 4.78 is 28.6. The minimum absolute atomic E-state index is 0.00166. The number of hydrogen-bond donors (Lipinski definition) is 4. The Morgan fingerprint density at radius 3 is 2.63 bits per heavy atom. The molecule has 4 amide bonds. The fraction of sp³-hybridized carbons (Fsp3) is 0.434. The van der Waals surface area contributed by atoms with Crippen LogP contribution in [0.5, 0.6) is 5.75 Å². The van der Waals surface area contributed by atoms with E-state index >= 15 is 4.39 Å². The summed E-state index contributed by atoms with van der Waals surface area (Å²) in [6.45, 7) is 9.30. The van der Waals surface area contributed by atoms with Crippen LogP contribution in [0.15, 0.2) is 72.8 Å². The summed E-state index contributed by atoms with van der Waals surface area (Å²) >= 11 is 12.9. The highest BCUT2D eigenvalue weighted by molar-refractivity contribution is 6.31. The van der Waals surface area contributed by atoms with E-state index in [1.807, 2.05) is 48.5 Å². The lowest BCUT2D eigenvalue weighted by molar-refractivity contribution is -0.137. The highest BCUT2D eigenvalue weighted by atomic mass is 35.5. The number of methoxy groups -OCH3 is 1. The smallest absolute Gasteiger partial charge is 0.255 e. The molecule has 6 atom stereocenters. The Labute approximate surface area is 406 Å². The van der Waals surface area contributed by atoms with Gasteiger partial charge in [0, 0.05) is 83.8 Å². The summed E-state index contributed by atoms with van der Waals surface area (Å²) in [7, 11) is 1.58. The first-order valence-corrected chi connectivity index (χ1v) is 24.2. The number of hydrogen-bond acceptors (Lipinski definition) is 9. The van der Waals surface area contributed by atoms with E-state index in [0.717, 1.165) is 47.3 Å². The molecule has 4 aromatic rings. The van der Waals surface area contributed by atoms with Crippen molar-refractivity contribution in [3.8, 4) is 17.6 Å². The highest BCUT2D eigenvalue weighted by Gasteiger charge is 2.61. The molecule has 0 bridgehead atoms. The summed E-state index contributed by atoms with van der Waals surface area (Å²) in [5, 5.41) is 13.4. The zero-order valence-electron chi connectivity index (χ0n) is 38.5. The Bertz CT molecular complexity index is 2780. The molecule has 4 N–H and O–H groups in total. The number of halogens is 3.